The molecule has 10 nitrogen and oxygen atoms in total. The van der Waals surface area contributed by atoms with Crippen molar-refractivity contribution in [2.45, 2.75) is 24.9 Å². The number of amides is 2. The molecule has 3 rings (SSSR count). The van der Waals surface area contributed by atoms with E-state index in [1.54, 1.807) is 24.3 Å². The predicted molar refractivity (Wildman–Crippen MR) is 152 cm³/mol. The number of ketones is 2. The Labute approximate surface area is 238 Å². The SMILES string of the molecule is CN1C(=O)C(=C(O)C=CC=CC=CC2C=CCCC2C=CC=CC=CC(O)=C2C(=O)NC(CO)C2=O)C(=O)C1CO. The van der Waals surface area contributed by atoms with Crippen LogP contribution in [-0.4, -0.2) is 81.1 Å². The van der Waals surface area contributed by atoms with Gasteiger partial charge in [-0.1, -0.05) is 72.9 Å². The summed E-state index contributed by atoms with van der Waals surface area (Å²) in [5, 5.41) is 40.9. The molecule has 0 aromatic rings. The van der Waals surface area contributed by atoms with Gasteiger partial charge in [0.25, 0.3) is 11.8 Å². The Morgan fingerprint density at radius 3 is 2.05 bits per heavy atom. The number of hydrogen-bond donors (Lipinski definition) is 5. The van der Waals surface area contributed by atoms with Crippen LogP contribution >= 0.6 is 0 Å². The fourth-order valence-electron chi connectivity index (χ4n) is 4.58. The normalized spacial score (nSPS) is 28.3. The number of likely N-dealkylation sites (tertiary alicyclic amines) is 1. The molecule has 4 atom stereocenters. The maximum Gasteiger partial charge on any atom is 0.261 e. The Morgan fingerprint density at radius 1 is 0.854 bits per heavy atom. The zero-order valence-corrected chi connectivity index (χ0v) is 22.6. The number of likely N-dealkylation sites (N-methyl/N-ethyl adjacent to an activating group) is 1. The van der Waals surface area contributed by atoms with Crippen molar-refractivity contribution in [3.63, 3.8) is 0 Å². The van der Waals surface area contributed by atoms with Gasteiger partial charge in [-0.25, -0.2) is 0 Å². The number of hydrogen-bond acceptors (Lipinski definition) is 8. The second-order valence-corrected chi connectivity index (χ2v) is 9.58. The summed E-state index contributed by atoms with van der Waals surface area (Å²) >= 11 is 0. The fraction of sp³-hybridized carbons (Fsp3) is 0.290. The second-order valence-electron chi connectivity index (χ2n) is 9.58. The van der Waals surface area contributed by atoms with Crippen molar-refractivity contribution < 1.29 is 39.6 Å². The lowest BCUT2D eigenvalue weighted by molar-refractivity contribution is -0.126. The van der Waals surface area contributed by atoms with Crippen LogP contribution in [0.2, 0.25) is 0 Å². The molecule has 10 heteroatoms. The van der Waals surface area contributed by atoms with Crippen molar-refractivity contribution >= 4 is 23.4 Å². The third-order valence-electron chi connectivity index (χ3n) is 6.90. The van der Waals surface area contributed by atoms with E-state index in [-0.39, 0.29) is 23.0 Å². The minimum atomic E-state index is -1.03. The van der Waals surface area contributed by atoms with E-state index in [2.05, 4.69) is 23.5 Å². The van der Waals surface area contributed by atoms with Crippen LogP contribution < -0.4 is 5.32 Å². The molecule has 0 aromatic heterocycles. The van der Waals surface area contributed by atoms with Crippen LogP contribution in [0.4, 0.5) is 0 Å². The average molecular weight is 563 g/mol. The van der Waals surface area contributed by atoms with Gasteiger partial charge in [0, 0.05) is 13.0 Å². The Bertz CT molecular complexity index is 1330. The van der Waals surface area contributed by atoms with E-state index in [1.165, 1.54) is 31.4 Å². The number of rotatable bonds is 10. The van der Waals surface area contributed by atoms with E-state index in [0.29, 0.717) is 0 Å². The first-order valence-electron chi connectivity index (χ1n) is 13.2. The highest BCUT2D eigenvalue weighted by Gasteiger charge is 2.42. The van der Waals surface area contributed by atoms with Crippen LogP contribution in [0.1, 0.15) is 12.8 Å². The molecule has 0 bridgehead atoms. The maximum absolute atomic E-state index is 12.2. The van der Waals surface area contributed by atoms with Crippen molar-refractivity contribution in [1.29, 1.82) is 0 Å². The lowest BCUT2D eigenvalue weighted by Crippen LogP contribution is -2.34. The summed E-state index contributed by atoms with van der Waals surface area (Å²) in [6.07, 6.45) is 26.4. The predicted octanol–water partition coefficient (Wildman–Crippen LogP) is 1.99. The van der Waals surface area contributed by atoms with E-state index in [9.17, 15) is 34.5 Å². The number of nitrogens with one attached hydrogen (secondary N) is 1. The van der Waals surface area contributed by atoms with E-state index < -0.39 is 60.2 Å². The van der Waals surface area contributed by atoms with Crippen LogP contribution in [0.25, 0.3) is 0 Å². The molecule has 216 valence electrons. The molecule has 3 aliphatic rings. The van der Waals surface area contributed by atoms with E-state index in [4.69, 9.17) is 5.11 Å². The van der Waals surface area contributed by atoms with Crippen LogP contribution in [0.3, 0.4) is 0 Å². The van der Waals surface area contributed by atoms with Gasteiger partial charge in [0.05, 0.1) is 13.2 Å². The van der Waals surface area contributed by atoms with Crippen molar-refractivity contribution in [3.05, 3.63) is 108 Å². The summed E-state index contributed by atoms with van der Waals surface area (Å²) in [5.41, 5.74) is -0.700. The number of nitrogens with zero attached hydrogens (tertiary/aromatic N) is 1. The Balaban J connectivity index is 1.54. The Hall–Kier alpha value is -4.54. The molecule has 2 fully saturated rings. The van der Waals surface area contributed by atoms with E-state index in [0.717, 1.165) is 17.7 Å². The second kappa shape index (κ2) is 14.7. The molecule has 2 aliphatic heterocycles. The van der Waals surface area contributed by atoms with Gasteiger partial charge in [0.15, 0.2) is 11.6 Å². The quantitative estimate of drug-likeness (QED) is 0.0887. The number of aliphatic hydroxyl groups excluding tert-OH is 4. The third-order valence-corrected chi connectivity index (χ3v) is 6.90. The molecule has 5 N–H and O–H groups in total. The summed E-state index contributed by atoms with van der Waals surface area (Å²) in [6.45, 7) is -1.04. The molecule has 0 radical (unpaired) electrons. The van der Waals surface area contributed by atoms with Crippen molar-refractivity contribution in [1.82, 2.24) is 10.2 Å². The van der Waals surface area contributed by atoms with Crippen molar-refractivity contribution in [3.8, 4) is 0 Å². The van der Waals surface area contributed by atoms with Gasteiger partial charge in [0.1, 0.15) is 34.7 Å². The summed E-state index contributed by atoms with van der Waals surface area (Å²) in [7, 11) is 1.40. The number of Topliss-reactive ketones (excluding diaryl/α,β-unsaturated/α-hetero) is 2. The molecule has 0 saturated carbocycles. The fourth-order valence-corrected chi connectivity index (χ4v) is 4.58. The molecule has 2 heterocycles. The lowest BCUT2D eigenvalue weighted by Gasteiger charge is -2.22. The smallest absolute Gasteiger partial charge is 0.261 e. The van der Waals surface area contributed by atoms with Gasteiger partial charge >= 0.3 is 0 Å². The van der Waals surface area contributed by atoms with Gasteiger partial charge < -0.3 is 30.6 Å². The van der Waals surface area contributed by atoms with Gasteiger partial charge in [-0.15, -0.1) is 0 Å². The van der Waals surface area contributed by atoms with Crippen LogP contribution in [0.5, 0.6) is 0 Å². The molecular formula is C31H34N2O8. The van der Waals surface area contributed by atoms with Crippen LogP contribution in [0.15, 0.2) is 108 Å². The van der Waals surface area contributed by atoms with Crippen molar-refractivity contribution in [2.24, 2.45) is 11.8 Å². The molecular weight excluding hydrogens is 528 g/mol. The first kappa shape index (κ1) is 31.0. The molecule has 1 aliphatic carbocycles. The molecule has 4 unspecified atom stereocenters. The number of aliphatic hydroxyl groups is 4. The summed E-state index contributed by atoms with van der Waals surface area (Å²) in [6, 6.07) is -2.00. The summed E-state index contributed by atoms with van der Waals surface area (Å²) in [5.74, 6) is -3.09. The minimum Gasteiger partial charge on any atom is -0.507 e. The largest absolute Gasteiger partial charge is 0.507 e. The Kier molecular flexibility index (Phi) is 11.1. The zero-order chi connectivity index (χ0) is 29.9. The van der Waals surface area contributed by atoms with Gasteiger partial charge in [-0.2, -0.15) is 0 Å². The highest BCUT2D eigenvalue weighted by atomic mass is 16.3. The molecule has 0 aromatic carbocycles. The van der Waals surface area contributed by atoms with Crippen LogP contribution in [0, 0.1) is 11.8 Å². The maximum atomic E-state index is 12.2. The third kappa shape index (κ3) is 7.56. The van der Waals surface area contributed by atoms with Gasteiger partial charge in [-0.3, -0.25) is 19.2 Å². The van der Waals surface area contributed by atoms with Crippen molar-refractivity contribution in [2.75, 3.05) is 20.3 Å². The summed E-state index contributed by atoms with van der Waals surface area (Å²) in [4.78, 5) is 49.3. The molecule has 2 amide bonds. The van der Waals surface area contributed by atoms with E-state index >= 15 is 0 Å². The highest BCUT2D eigenvalue weighted by Crippen LogP contribution is 2.27. The zero-order valence-electron chi connectivity index (χ0n) is 22.6. The van der Waals surface area contributed by atoms with E-state index in [1.807, 2.05) is 18.2 Å². The van der Waals surface area contributed by atoms with Gasteiger partial charge in [-0.05, 0) is 30.9 Å². The monoisotopic (exact) mass is 562 g/mol. The van der Waals surface area contributed by atoms with Crippen LogP contribution in [-0.2, 0) is 19.2 Å². The first-order valence-corrected chi connectivity index (χ1v) is 13.2. The number of allylic oxidation sites excluding steroid dienone is 14. The number of carbonyl (C=O) groups excluding carboxylic acids is 4. The summed E-state index contributed by atoms with van der Waals surface area (Å²) < 4.78 is 0. The van der Waals surface area contributed by atoms with Gasteiger partial charge in [0.2, 0.25) is 0 Å². The standard InChI is InChI=1S/C31H34N2O8/c1-33-23(19-35)29(39)27(31(33)41)25(37)17-9-5-3-7-13-21-15-11-10-14-20(21)12-6-2-4-8-16-24(36)26-28(38)22(18-34)32-30(26)40/h2-9,11-13,15-17,20-23,34-37H,10,14,18-19H2,1H3,(H,32,40). The topological polar surface area (TPSA) is 164 Å². The Morgan fingerprint density at radius 2 is 1.46 bits per heavy atom. The highest BCUT2D eigenvalue weighted by molar-refractivity contribution is 6.27. The minimum absolute atomic E-state index is 0.160. The lowest BCUT2D eigenvalue weighted by atomic mass is 9.83. The molecule has 41 heavy (non-hydrogen) atoms. The molecule has 2 saturated heterocycles. The molecule has 0 spiro atoms. The first-order chi connectivity index (χ1) is 19.7. The average Bonchev–Trinajstić information content (AvgIpc) is 3.37. The number of carbonyl (C=O) groups is 4.